The summed E-state index contributed by atoms with van der Waals surface area (Å²) >= 11 is 0. The Morgan fingerprint density at radius 2 is 1.61 bits per heavy atom. The summed E-state index contributed by atoms with van der Waals surface area (Å²) in [5.74, 6) is -2.68. The van der Waals surface area contributed by atoms with Crippen LogP contribution < -0.4 is 10.6 Å². The van der Waals surface area contributed by atoms with E-state index in [4.69, 9.17) is 18.7 Å². The number of carbonyl (C=O) groups is 5. The van der Waals surface area contributed by atoms with Crippen molar-refractivity contribution < 1.29 is 42.7 Å². The Kier molecular flexibility index (Phi) is 14.0. The molecular formula is C34H41N3O9. The first-order valence-corrected chi connectivity index (χ1v) is 15.1. The summed E-state index contributed by atoms with van der Waals surface area (Å²) in [4.78, 5) is 68.4. The zero-order valence-corrected chi connectivity index (χ0v) is 26.6. The van der Waals surface area contributed by atoms with Gasteiger partial charge in [0.25, 0.3) is 5.91 Å². The lowest BCUT2D eigenvalue weighted by Gasteiger charge is -2.32. The molecule has 3 amide bonds. The predicted octanol–water partition coefficient (Wildman–Crippen LogP) is 4.89. The standard InChI is InChI=1S/C34H41N3O9/c1-5-7-9-14-26(28(6-2)37(22-38)45-20-23-12-10-8-11-13-23)31(39)35-21-36-32(40)30-18-17-29(46-30)24-15-16-25(33(41)43-3)27(19-24)34(42)44-4/h8,10-13,15-19,22,26,28H,5-7,9,14,20-21H2,1-4H3,(H,35,39)(H,36,40)/t26?,28-/m1/s1. The van der Waals surface area contributed by atoms with Crippen molar-refractivity contribution in [1.29, 1.82) is 0 Å². The third-order valence-electron chi connectivity index (χ3n) is 7.45. The highest BCUT2D eigenvalue weighted by molar-refractivity contribution is 6.04. The van der Waals surface area contributed by atoms with Crippen LogP contribution in [0.1, 0.15) is 82.8 Å². The quantitative estimate of drug-likeness (QED) is 0.0654. The molecule has 12 nitrogen and oxygen atoms in total. The number of carbonyl (C=O) groups excluding carboxylic acids is 5. The van der Waals surface area contributed by atoms with E-state index in [1.54, 1.807) is 12.1 Å². The molecular weight excluding hydrogens is 594 g/mol. The van der Waals surface area contributed by atoms with Crippen LogP contribution in [0, 0.1) is 5.92 Å². The summed E-state index contributed by atoms with van der Waals surface area (Å²) in [6.45, 7) is 3.96. The first-order valence-electron chi connectivity index (χ1n) is 15.1. The molecule has 2 atom stereocenters. The maximum Gasteiger partial charge on any atom is 0.338 e. The number of rotatable bonds is 18. The molecule has 1 aromatic heterocycles. The minimum Gasteiger partial charge on any atom is -0.465 e. The highest BCUT2D eigenvalue weighted by Gasteiger charge is 2.32. The number of furan rings is 1. The van der Waals surface area contributed by atoms with Crippen LogP contribution in [0.2, 0.25) is 0 Å². The second kappa shape index (κ2) is 18.1. The second-order valence-electron chi connectivity index (χ2n) is 10.4. The fourth-order valence-corrected chi connectivity index (χ4v) is 4.99. The number of hydroxylamine groups is 2. The highest BCUT2D eigenvalue weighted by atomic mass is 16.7. The molecule has 0 spiro atoms. The van der Waals surface area contributed by atoms with Gasteiger partial charge in [-0.15, -0.1) is 0 Å². The fourth-order valence-electron chi connectivity index (χ4n) is 4.99. The van der Waals surface area contributed by atoms with Crippen molar-refractivity contribution in [2.45, 2.75) is 58.6 Å². The molecule has 2 N–H and O–H groups in total. The van der Waals surface area contributed by atoms with E-state index in [0.29, 0.717) is 24.8 Å². The Morgan fingerprint density at radius 3 is 2.26 bits per heavy atom. The zero-order chi connectivity index (χ0) is 33.5. The normalized spacial score (nSPS) is 12.0. The first-order chi connectivity index (χ1) is 22.3. The molecule has 0 aliphatic carbocycles. The van der Waals surface area contributed by atoms with Crippen molar-refractivity contribution in [1.82, 2.24) is 15.7 Å². The van der Waals surface area contributed by atoms with Gasteiger partial charge >= 0.3 is 11.9 Å². The van der Waals surface area contributed by atoms with Gasteiger partial charge in [-0.3, -0.25) is 19.2 Å². The molecule has 0 aliphatic heterocycles. The van der Waals surface area contributed by atoms with Crippen molar-refractivity contribution >= 4 is 30.2 Å². The van der Waals surface area contributed by atoms with E-state index >= 15 is 0 Å². The van der Waals surface area contributed by atoms with Gasteiger partial charge in [-0.25, -0.2) is 14.7 Å². The molecule has 46 heavy (non-hydrogen) atoms. The van der Waals surface area contributed by atoms with Crippen molar-refractivity contribution in [2.75, 3.05) is 20.9 Å². The van der Waals surface area contributed by atoms with E-state index < -0.39 is 29.8 Å². The molecule has 0 saturated carbocycles. The van der Waals surface area contributed by atoms with Crippen LogP contribution in [0.25, 0.3) is 11.3 Å². The number of hydrogen-bond donors (Lipinski definition) is 2. The lowest BCUT2D eigenvalue weighted by Crippen LogP contribution is -2.48. The van der Waals surface area contributed by atoms with E-state index in [1.165, 1.54) is 37.5 Å². The minimum atomic E-state index is -0.736. The van der Waals surface area contributed by atoms with Gasteiger partial charge < -0.3 is 24.5 Å². The summed E-state index contributed by atoms with van der Waals surface area (Å²) in [5, 5.41) is 6.60. The monoisotopic (exact) mass is 635 g/mol. The average molecular weight is 636 g/mol. The molecule has 1 unspecified atom stereocenters. The van der Waals surface area contributed by atoms with Crippen molar-refractivity contribution in [3.05, 3.63) is 83.1 Å². The molecule has 12 heteroatoms. The maximum atomic E-state index is 13.4. The minimum absolute atomic E-state index is 0.0190. The molecule has 0 bridgehead atoms. The van der Waals surface area contributed by atoms with Gasteiger partial charge in [-0.1, -0.05) is 69.5 Å². The number of methoxy groups -OCH3 is 2. The maximum absolute atomic E-state index is 13.4. The number of nitrogens with one attached hydrogen (secondary N) is 2. The van der Waals surface area contributed by atoms with E-state index in [9.17, 15) is 24.0 Å². The number of amides is 3. The van der Waals surface area contributed by atoms with Gasteiger partial charge in [0.2, 0.25) is 12.3 Å². The third-order valence-corrected chi connectivity index (χ3v) is 7.45. The predicted molar refractivity (Wildman–Crippen MR) is 168 cm³/mol. The highest BCUT2D eigenvalue weighted by Crippen LogP contribution is 2.26. The molecule has 3 rings (SSSR count). The third kappa shape index (κ3) is 9.51. The number of esters is 2. The van der Waals surface area contributed by atoms with Gasteiger partial charge in [-0.05, 0) is 42.7 Å². The van der Waals surface area contributed by atoms with E-state index in [1.807, 2.05) is 37.3 Å². The van der Waals surface area contributed by atoms with E-state index in [2.05, 4.69) is 17.6 Å². The molecule has 0 fully saturated rings. The van der Waals surface area contributed by atoms with Crippen LogP contribution in [-0.4, -0.2) is 62.2 Å². The molecule has 3 aromatic rings. The molecule has 0 radical (unpaired) electrons. The van der Waals surface area contributed by atoms with E-state index in [0.717, 1.165) is 24.8 Å². The summed E-state index contributed by atoms with van der Waals surface area (Å²) in [6.07, 6.45) is 4.30. The largest absolute Gasteiger partial charge is 0.465 e. The number of unbranched alkanes of at least 4 members (excludes halogenated alkanes) is 2. The number of benzene rings is 2. The van der Waals surface area contributed by atoms with Crippen molar-refractivity contribution in [2.24, 2.45) is 5.92 Å². The van der Waals surface area contributed by atoms with Gasteiger partial charge in [-0.2, -0.15) is 0 Å². The number of nitrogens with zero attached hydrogens (tertiary/aromatic N) is 1. The topological polar surface area (TPSA) is 153 Å². The van der Waals surface area contributed by atoms with Crippen LogP contribution in [-0.2, 0) is 30.5 Å². The Labute approximate surface area is 268 Å². The zero-order valence-electron chi connectivity index (χ0n) is 26.6. The number of ether oxygens (including phenoxy) is 2. The Bertz CT molecular complexity index is 1470. The summed E-state index contributed by atoms with van der Waals surface area (Å²) in [7, 11) is 2.39. The lowest BCUT2D eigenvalue weighted by molar-refractivity contribution is -0.200. The van der Waals surface area contributed by atoms with Gasteiger partial charge in [0.05, 0.1) is 44.0 Å². The molecule has 0 aliphatic rings. The molecule has 2 aromatic carbocycles. The Hall–Kier alpha value is -4.97. The smallest absolute Gasteiger partial charge is 0.338 e. The average Bonchev–Trinajstić information content (AvgIpc) is 3.59. The molecule has 1 heterocycles. The van der Waals surface area contributed by atoms with Crippen molar-refractivity contribution in [3.8, 4) is 11.3 Å². The van der Waals surface area contributed by atoms with Crippen LogP contribution >= 0.6 is 0 Å². The Morgan fingerprint density at radius 1 is 0.891 bits per heavy atom. The van der Waals surface area contributed by atoms with Crippen LogP contribution in [0.4, 0.5) is 0 Å². The van der Waals surface area contributed by atoms with Gasteiger partial charge in [0.1, 0.15) is 12.4 Å². The van der Waals surface area contributed by atoms with Gasteiger partial charge in [0.15, 0.2) is 5.76 Å². The Balaban J connectivity index is 1.66. The van der Waals surface area contributed by atoms with E-state index in [-0.39, 0.29) is 41.8 Å². The first kappa shape index (κ1) is 35.5. The van der Waals surface area contributed by atoms with Gasteiger partial charge in [0, 0.05) is 5.56 Å². The summed E-state index contributed by atoms with van der Waals surface area (Å²) < 4.78 is 15.2. The van der Waals surface area contributed by atoms with Crippen LogP contribution in [0.15, 0.2) is 65.1 Å². The SMILES string of the molecule is CCCCCC(C(=O)NCNC(=O)c1ccc(-c2ccc(C(=O)OC)c(C(=O)OC)c2)o1)[C@@H](CC)N(C=O)OCc1ccccc1. The van der Waals surface area contributed by atoms with Crippen LogP contribution in [0.5, 0.6) is 0 Å². The lowest BCUT2D eigenvalue weighted by atomic mass is 9.90. The summed E-state index contributed by atoms with van der Waals surface area (Å²) in [5.41, 5.74) is 1.32. The number of hydrogen-bond acceptors (Lipinski definition) is 9. The van der Waals surface area contributed by atoms with Crippen molar-refractivity contribution in [3.63, 3.8) is 0 Å². The van der Waals surface area contributed by atoms with Crippen LogP contribution in [0.3, 0.4) is 0 Å². The molecule has 0 saturated heterocycles. The fraction of sp³-hybridized carbons (Fsp3) is 0.382. The summed E-state index contributed by atoms with van der Waals surface area (Å²) in [6, 6.07) is 16.3. The second-order valence-corrected chi connectivity index (χ2v) is 10.4. The molecule has 246 valence electrons.